The van der Waals surface area contributed by atoms with Crippen molar-refractivity contribution in [1.82, 2.24) is 4.98 Å². The summed E-state index contributed by atoms with van der Waals surface area (Å²) in [6.07, 6.45) is 3.00. The van der Waals surface area contributed by atoms with Crippen LogP contribution in [0.15, 0.2) is 89.8 Å². The molecule has 1 N–H and O–H groups in total. The van der Waals surface area contributed by atoms with Gasteiger partial charge in [0.25, 0.3) is 5.91 Å². The number of amides is 1. The molecule has 144 valence electrons. The number of nitrogens with zero attached hydrogens (tertiary/aromatic N) is 1. The molecule has 0 aliphatic carbocycles. The predicted molar refractivity (Wildman–Crippen MR) is 108 cm³/mol. The predicted octanol–water partition coefficient (Wildman–Crippen LogP) is 5.17. The van der Waals surface area contributed by atoms with E-state index in [1.165, 1.54) is 18.5 Å². The summed E-state index contributed by atoms with van der Waals surface area (Å²) in [4.78, 5) is 16.0. The first-order valence-electron chi connectivity index (χ1n) is 8.95. The number of hydrogen-bond donors (Lipinski definition) is 1. The SMILES string of the molecule is O=C(COc1ccc(-c2cnco2)cc1)Nc1ccc(-c2ccc(F)cc2)cc1. The second-order valence-electron chi connectivity index (χ2n) is 6.31. The summed E-state index contributed by atoms with van der Waals surface area (Å²) in [5.74, 6) is 0.706. The van der Waals surface area contributed by atoms with Gasteiger partial charge in [0.15, 0.2) is 18.8 Å². The number of rotatable bonds is 6. The Bertz CT molecular complexity index is 1070. The van der Waals surface area contributed by atoms with Gasteiger partial charge in [-0.2, -0.15) is 0 Å². The number of hydrogen-bond acceptors (Lipinski definition) is 4. The van der Waals surface area contributed by atoms with Gasteiger partial charge in [0.2, 0.25) is 0 Å². The van der Waals surface area contributed by atoms with Crippen molar-refractivity contribution in [1.29, 1.82) is 0 Å². The number of ether oxygens (including phenoxy) is 1. The van der Waals surface area contributed by atoms with Crippen LogP contribution in [0.4, 0.5) is 10.1 Å². The van der Waals surface area contributed by atoms with Crippen LogP contribution < -0.4 is 10.1 Å². The Kier molecular flexibility index (Phi) is 5.33. The second-order valence-corrected chi connectivity index (χ2v) is 6.31. The van der Waals surface area contributed by atoms with E-state index in [1.807, 2.05) is 24.3 Å². The number of anilines is 1. The normalized spacial score (nSPS) is 10.5. The first-order chi connectivity index (χ1) is 14.2. The van der Waals surface area contributed by atoms with Gasteiger partial charge in [-0.1, -0.05) is 24.3 Å². The Morgan fingerprint density at radius 2 is 1.52 bits per heavy atom. The lowest BCUT2D eigenvalue weighted by Crippen LogP contribution is -2.20. The van der Waals surface area contributed by atoms with Crippen LogP contribution in [-0.2, 0) is 4.79 Å². The van der Waals surface area contributed by atoms with E-state index in [1.54, 1.807) is 42.6 Å². The molecule has 0 saturated heterocycles. The maximum atomic E-state index is 13.0. The highest BCUT2D eigenvalue weighted by molar-refractivity contribution is 5.92. The van der Waals surface area contributed by atoms with Gasteiger partial charge in [0.1, 0.15) is 11.6 Å². The van der Waals surface area contributed by atoms with Crippen molar-refractivity contribution in [2.45, 2.75) is 0 Å². The van der Waals surface area contributed by atoms with Crippen molar-refractivity contribution in [3.8, 4) is 28.2 Å². The fourth-order valence-corrected chi connectivity index (χ4v) is 2.81. The molecule has 4 aromatic rings. The zero-order valence-corrected chi connectivity index (χ0v) is 15.3. The molecule has 0 saturated carbocycles. The molecule has 29 heavy (non-hydrogen) atoms. The van der Waals surface area contributed by atoms with Gasteiger partial charge in [-0.05, 0) is 59.7 Å². The second kappa shape index (κ2) is 8.39. The Labute approximate surface area is 166 Å². The van der Waals surface area contributed by atoms with Crippen molar-refractivity contribution in [3.63, 3.8) is 0 Å². The van der Waals surface area contributed by atoms with E-state index in [-0.39, 0.29) is 18.3 Å². The van der Waals surface area contributed by atoms with E-state index in [0.717, 1.165) is 16.7 Å². The number of carbonyl (C=O) groups is 1. The number of benzene rings is 3. The third kappa shape index (κ3) is 4.68. The van der Waals surface area contributed by atoms with Crippen LogP contribution in [-0.4, -0.2) is 17.5 Å². The van der Waals surface area contributed by atoms with Crippen LogP contribution in [0.2, 0.25) is 0 Å². The Hall–Kier alpha value is -3.93. The third-order valence-corrected chi connectivity index (χ3v) is 4.29. The molecule has 0 radical (unpaired) electrons. The fourth-order valence-electron chi connectivity index (χ4n) is 2.81. The maximum Gasteiger partial charge on any atom is 0.262 e. The highest BCUT2D eigenvalue weighted by Gasteiger charge is 2.06. The third-order valence-electron chi connectivity index (χ3n) is 4.29. The highest BCUT2D eigenvalue weighted by Crippen LogP contribution is 2.23. The van der Waals surface area contributed by atoms with Gasteiger partial charge in [0.05, 0.1) is 6.20 Å². The van der Waals surface area contributed by atoms with Crippen LogP contribution in [0.25, 0.3) is 22.5 Å². The molecule has 0 aliphatic rings. The lowest BCUT2D eigenvalue weighted by atomic mass is 10.1. The van der Waals surface area contributed by atoms with E-state index >= 15 is 0 Å². The Balaban J connectivity index is 1.31. The van der Waals surface area contributed by atoms with E-state index < -0.39 is 0 Å². The largest absolute Gasteiger partial charge is 0.484 e. The molecule has 0 aliphatic heterocycles. The van der Waals surface area contributed by atoms with Crippen LogP contribution in [0.5, 0.6) is 5.75 Å². The molecule has 4 rings (SSSR count). The van der Waals surface area contributed by atoms with Gasteiger partial charge in [-0.25, -0.2) is 9.37 Å². The monoisotopic (exact) mass is 388 g/mol. The average Bonchev–Trinajstić information content (AvgIpc) is 3.29. The number of oxazole rings is 1. The summed E-state index contributed by atoms with van der Waals surface area (Å²) in [5.41, 5.74) is 3.37. The van der Waals surface area contributed by atoms with Gasteiger partial charge in [0, 0.05) is 11.3 Å². The molecule has 1 amide bonds. The van der Waals surface area contributed by atoms with Crippen LogP contribution in [0.3, 0.4) is 0 Å². The molecule has 0 fully saturated rings. The average molecular weight is 388 g/mol. The van der Waals surface area contributed by atoms with Gasteiger partial charge >= 0.3 is 0 Å². The zero-order valence-electron chi connectivity index (χ0n) is 15.3. The summed E-state index contributed by atoms with van der Waals surface area (Å²) in [7, 11) is 0. The molecule has 0 bridgehead atoms. The van der Waals surface area contributed by atoms with E-state index in [9.17, 15) is 9.18 Å². The minimum absolute atomic E-state index is 0.110. The lowest BCUT2D eigenvalue weighted by Gasteiger charge is -2.09. The molecular weight excluding hydrogens is 371 g/mol. The molecule has 0 unspecified atom stereocenters. The molecule has 3 aromatic carbocycles. The summed E-state index contributed by atoms with van der Waals surface area (Å²) in [5, 5.41) is 2.79. The van der Waals surface area contributed by atoms with Crippen molar-refractivity contribution in [2.24, 2.45) is 0 Å². The Morgan fingerprint density at radius 1 is 0.897 bits per heavy atom. The molecule has 1 heterocycles. The van der Waals surface area contributed by atoms with E-state index in [4.69, 9.17) is 9.15 Å². The van der Waals surface area contributed by atoms with E-state index in [0.29, 0.717) is 17.2 Å². The van der Waals surface area contributed by atoms with Crippen LogP contribution >= 0.6 is 0 Å². The van der Waals surface area contributed by atoms with Crippen molar-refractivity contribution >= 4 is 11.6 Å². The molecule has 5 nitrogen and oxygen atoms in total. The topological polar surface area (TPSA) is 64.4 Å². The van der Waals surface area contributed by atoms with Crippen molar-refractivity contribution < 1.29 is 18.3 Å². The lowest BCUT2D eigenvalue weighted by molar-refractivity contribution is -0.118. The van der Waals surface area contributed by atoms with Crippen LogP contribution in [0.1, 0.15) is 0 Å². The number of aromatic nitrogens is 1. The number of carbonyl (C=O) groups excluding carboxylic acids is 1. The first-order valence-corrected chi connectivity index (χ1v) is 8.95. The van der Waals surface area contributed by atoms with Gasteiger partial charge in [-0.15, -0.1) is 0 Å². The molecule has 0 atom stereocenters. The molecule has 1 aromatic heterocycles. The van der Waals surface area contributed by atoms with Crippen LogP contribution in [0, 0.1) is 5.82 Å². The highest BCUT2D eigenvalue weighted by atomic mass is 19.1. The molecule has 6 heteroatoms. The first kappa shape index (κ1) is 18.4. The van der Waals surface area contributed by atoms with E-state index in [2.05, 4.69) is 10.3 Å². The number of halogens is 1. The summed E-state index contributed by atoms with van der Waals surface area (Å²) in [6, 6.07) is 20.8. The smallest absolute Gasteiger partial charge is 0.262 e. The minimum Gasteiger partial charge on any atom is -0.484 e. The number of nitrogens with one attached hydrogen (secondary N) is 1. The van der Waals surface area contributed by atoms with Crippen molar-refractivity contribution in [2.75, 3.05) is 11.9 Å². The summed E-state index contributed by atoms with van der Waals surface area (Å²) in [6.45, 7) is -0.110. The Morgan fingerprint density at radius 3 is 2.14 bits per heavy atom. The molecular formula is C23H17FN2O3. The summed E-state index contributed by atoms with van der Waals surface area (Å²) >= 11 is 0. The summed E-state index contributed by atoms with van der Waals surface area (Å²) < 4.78 is 23.8. The fraction of sp³-hybridized carbons (Fsp3) is 0.0435. The zero-order chi connectivity index (χ0) is 20.1. The quantitative estimate of drug-likeness (QED) is 0.495. The van der Waals surface area contributed by atoms with Gasteiger partial charge in [-0.3, -0.25) is 4.79 Å². The maximum absolute atomic E-state index is 13.0. The van der Waals surface area contributed by atoms with Gasteiger partial charge < -0.3 is 14.5 Å². The minimum atomic E-state index is -0.273. The standard InChI is InChI=1S/C23H17FN2O3/c24-19-7-1-16(2-8-19)17-3-9-20(10-4-17)26-23(27)14-28-21-11-5-18(6-12-21)22-13-25-15-29-22/h1-13,15H,14H2,(H,26,27). The van der Waals surface area contributed by atoms with Crippen molar-refractivity contribution in [3.05, 3.63) is 91.2 Å². The molecule has 0 spiro atoms.